The maximum Gasteiger partial charge on any atom is 0.337 e. The van der Waals surface area contributed by atoms with Crippen molar-refractivity contribution in [2.45, 2.75) is 6.61 Å². The Kier molecular flexibility index (Phi) is 5.94. The fourth-order valence-electron chi connectivity index (χ4n) is 1.82. The highest BCUT2D eigenvalue weighted by Gasteiger charge is 2.04. The minimum Gasteiger partial charge on any atom is -0.465 e. The molecule has 0 saturated heterocycles. The summed E-state index contributed by atoms with van der Waals surface area (Å²) in [4.78, 5) is 23.0. The number of methoxy groups -OCH3 is 1. The van der Waals surface area contributed by atoms with Crippen LogP contribution in [0.4, 0.5) is 0 Å². The van der Waals surface area contributed by atoms with E-state index in [4.69, 9.17) is 16.3 Å². The quantitative estimate of drug-likeness (QED) is 0.616. The predicted molar refractivity (Wildman–Crippen MR) is 88.1 cm³/mol. The first-order valence-corrected chi connectivity index (χ1v) is 7.24. The van der Waals surface area contributed by atoms with Gasteiger partial charge < -0.3 is 9.47 Å². The molecular formula is C18H15ClO4. The molecule has 0 aromatic heterocycles. The van der Waals surface area contributed by atoms with Gasteiger partial charge in [-0.3, -0.25) is 0 Å². The summed E-state index contributed by atoms with van der Waals surface area (Å²) in [7, 11) is 1.32. The second-order valence-electron chi connectivity index (χ2n) is 4.65. The van der Waals surface area contributed by atoms with E-state index in [0.29, 0.717) is 10.6 Å². The van der Waals surface area contributed by atoms with Crippen LogP contribution in [0.25, 0.3) is 6.08 Å². The Hall–Kier alpha value is -2.59. The smallest absolute Gasteiger partial charge is 0.337 e. The van der Waals surface area contributed by atoms with Crippen molar-refractivity contribution in [3.8, 4) is 0 Å². The SMILES string of the molecule is COC(=O)c1ccc(/C=C/C(=O)OCc2ccccc2Cl)cc1. The molecule has 0 saturated carbocycles. The third-order valence-corrected chi connectivity index (χ3v) is 3.44. The van der Waals surface area contributed by atoms with Crippen LogP contribution in [-0.2, 0) is 20.9 Å². The van der Waals surface area contributed by atoms with Crippen LogP contribution >= 0.6 is 11.6 Å². The Bertz CT molecular complexity index is 720. The van der Waals surface area contributed by atoms with Crippen LogP contribution in [0.3, 0.4) is 0 Å². The zero-order valence-corrected chi connectivity index (χ0v) is 13.2. The summed E-state index contributed by atoms with van der Waals surface area (Å²) in [6, 6.07) is 13.9. The first kappa shape index (κ1) is 16.8. The molecule has 0 fully saturated rings. The molecule has 0 amide bonds. The number of rotatable bonds is 5. The topological polar surface area (TPSA) is 52.6 Å². The molecule has 5 heteroatoms. The molecule has 2 aromatic rings. The fraction of sp³-hybridized carbons (Fsp3) is 0.111. The predicted octanol–water partition coefficient (Wildman–Crippen LogP) is 3.88. The van der Waals surface area contributed by atoms with Crippen LogP contribution in [0.1, 0.15) is 21.5 Å². The summed E-state index contributed by atoms with van der Waals surface area (Å²) in [6.45, 7) is 0.115. The number of halogens is 1. The molecule has 0 atom stereocenters. The Morgan fingerprint density at radius 1 is 1.09 bits per heavy atom. The van der Waals surface area contributed by atoms with E-state index in [1.165, 1.54) is 13.2 Å². The molecular weight excluding hydrogens is 316 g/mol. The lowest BCUT2D eigenvalue weighted by Gasteiger charge is -2.04. The number of hydrogen-bond donors (Lipinski definition) is 0. The van der Waals surface area contributed by atoms with E-state index in [1.54, 1.807) is 42.5 Å². The number of benzene rings is 2. The lowest BCUT2D eigenvalue weighted by atomic mass is 10.1. The minimum atomic E-state index is -0.470. The van der Waals surface area contributed by atoms with Gasteiger partial charge in [0.1, 0.15) is 6.61 Å². The van der Waals surface area contributed by atoms with E-state index in [2.05, 4.69) is 4.74 Å². The van der Waals surface area contributed by atoms with E-state index in [1.807, 2.05) is 12.1 Å². The van der Waals surface area contributed by atoms with Crippen LogP contribution < -0.4 is 0 Å². The summed E-state index contributed by atoms with van der Waals surface area (Å²) in [6.07, 6.45) is 2.93. The van der Waals surface area contributed by atoms with E-state index in [-0.39, 0.29) is 6.61 Å². The average Bonchev–Trinajstić information content (AvgIpc) is 2.59. The van der Waals surface area contributed by atoms with Gasteiger partial charge in [0.2, 0.25) is 0 Å². The zero-order valence-electron chi connectivity index (χ0n) is 12.5. The van der Waals surface area contributed by atoms with Gasteiger partial charge in [0.25, 0.3) is 0 Å². The molecule has 0 heterocycles. The summed E-state index contributed by atoms with van der Waals surface area (Å²) in [5.41, 5.74) is 1.97. The largest absolute Gasteiger partial charge is 0.465 e. The van der Waals surface area contributed by atoms with Crippen molar-refractivity contribution in [2.75, 3.05) is 7.11 Å². The molecule has 0 unspecified atom stereocenters. The van der Waals surface area contributed by atoms with Crippen molar-refractivity contribution in [1.82, 2.24) is 0 Å². The van der Waals surface area contributed by atoms with Crippen LogP contribution in [0.15, 0.2) is 54.6 Å². The van der Waals surface area contributed by atoms with Crippen molar-refractivity contribution >= 4 is 29.6 Å². The first-order valence-electron chi connectivity index (χ1n) is 6.87. The molecule has 0 aliphatic carbocycles. The number of carbonyl (C=O) groups excluding carboxylic acids is 2. The molecule has 2 aromatic carbocycles. The van der Waals surface area contributed by atoms with Crippen molar-refractivity contribution < 1.29 is 19.1 Å². The molecule has 0 radical (unpaired) electrons. The maximum atomic E-state index is 11.7. The molecule has 23 heavy (non-hydrogen) atoms. The van der Waals surface area contributed by atoms with Crippen molar-refractivity contribution in [3.63, 3.8) is 0 Å². The third-order valence-electron chi connectivity index (χ3n) is 3.07. The standard InChI is InChI=1S/C18H15ClO4/c1-22-18(21)14-9-6-13(7-10-14)8-11-17(20)23-12-15-4-2-3-5-16(15)19/h2-11H,12H2,1H3/b11-8+. The van der Waals surface area contributed by atoms with Gasteiger partial charge in [-0.2, -0.15) is 0 Å². The van der Waals surface area contributed by atoms with Gasteiger partial charge in [-0.05, 0) is 29.8 Å². The third kappa shape index (κ3) is 4.97. The monoisotopic (exact) mass is 330 g/mol. The molecule has 0 spiro atoms. The van der Waals surface area contributed by atoms with Gasteiger partial charge in [-0.15, -0.1) is 0 Å². The van der Waals surface area contributed by atoms with Gasteiger partial charge in [0.05, 0.1) is 12.7 Å². The summed E-state index contributed by atoms with van der Waals surface area (Å²) in [5.74, 6) is -0.873. The van der Waals surface area contributed by atoms with Gasteiger partial charge >= 0.3 is 11.9 Å². The summed E-state index contributed by atoms with van der Waals surface area (Å²) in [5, 5.41) is 0.558. The second-order valence-corrected chi connectivity index (χ2v) is 5.05. The second kappa shape index (κ2) is 8.15. The number of esters is 2. The van der Waals surface area contributed by atoms with Gasteiger partial charge in [-0.25, -0.2) is 9.59 Å². The fourth-order valence-corrected chi connectivity index (χ4v) is 2.02. The van der Waals surface area contributed by atoms with Gasteiger partial charge in [0.15, 0.2) is 0 Å². The van der Waals surface area contributed by atoms with E-state index >= 15 is 0 Å². The molecule has 0 bridgehead atoms. The lowest BCUT2D eigenvalue weighted by molar-refractivity contribution is -0.138. The van der Waals surface area contributed by atoms with Crippen LogP contribution in [0, 0.1) is 0 Å². The number of ether oxygens (including phenoxy) is 2. The van der Waals surface area contributed by atoms with Crippen LogP contribution in [0.5, 0.6) is 0 Å². The highest BCUT2D eigenvalue weighted by molar-refractivity contribution is 6.31. The maximum absolute atomic E-state index is 11.7. The lowest BCUT2D eigenvalue weighted by Crippen LogP contribution is -2.01. The minimum absolute atomic E-state index is 0.115. The highest BCUT2D eigenvalue weighted by atomic mass is 35.5. The summed E-state index contributed by atoms with van der Waals surface area (Å²) >= 11 is 5.99. The van der Waals surface area contributed by atoms with Gasteiger partial charge in [0, 0.05) is 16.7 Å². The molecule has 0 aliphatic rings. The molecule has 0 aliphatic heterocycles. The highest BCUT2D eigenvalue weighted by Crippen LogP contribution is 2.16. The normalized spacial score (nSPS) is 10.5. The Labute approximate surface area is 139 Å². The first-order chi connectivity index (χ1) is 11.1. The van der Waals surface area contributed by atoms with E-state index < -0.39 is 11.9 Å². The number of hydrogen-bond acceptors (Lipinski definition) is 4. The average molecular weight is 331 g/mol. The Morgan fingerprint density at radius 3 is 2.43 bits per heavy atom. The summed E-state index contributed by atoms with van der Waals surface area (Å²) < 4.78 is 9.74. The van der Waals surface area contributed by atoms with E-state index in [0.717, 1.165) is 11.1 Å². The molecule has 2 rings (SSSR count). The van der Waals surface area contributed by atoms with E-state index in [9.17, 15) is 9.59 Å². The molecule has 118 valence electrons. The Morgan fingerprint density at radius 2 is 1.78 bits per heavy atom. The molecule has 0 N–H and O–H groups in total. The van der Waals surface area contributed by atoms with Crippen molar-refractivity contribution in [2.24, 2.45) is 0 Å². The molecule has 4 nitrogen and oxygen atoms in total. The van der Waals surface area contributed by atoms with Crippen molar-refractivity contribution in [3.05, 3.63) is 76.3 Å². The van der Waals surface area contributed by atoms with Crippen LogP contribution in [-0.4, -0.2) is 19.0 Å². The Balaban J connectivity index is 1.91. The number of carbonyl (C=O) groups is 2. The van der Waals surface area contributed by atoms with Crippen molar-refractivity contribution in [1.29, 1.82) is 0 Å². The van der Waals surface area contributed by atoms with Crippen LogP contribution in [0.2, 0.25) is 5.02 Å². The zero-order chi connectivity index (χ0) is 16.7. The van der Waals surface area contributed by atoms with Gasteiger partial charge in [-0.1, -0.05) is 41.9 Å².